The van der Waals surface area contributed by atoms with Crippen molar-refractivity contribution in [1.29, 1.82) is 0 Å². The molecular formula is C11H12FN3O. The van der Waals surface area contributed by atoms with Gasteiger partial charge in [0.2, 0.25) is 0 Å². The van der Waals surface area contributed by atoms with Gasteiger partial charge in [-0.1, -0.05) is 6.07 Å². The molecule has 0 bridgehead atoms. The number of nitrogens with one attached hydrogen (secondary N) is 1. The van der Waals surface area contributed by atoms with Crippen LogP contribution < -0.4 is 0 Å². The number of hydrogen-bond donors (Lipinski definition) is 2. The largest absolute Gasteiger partial charge is 0.382 e. The molecule has 16 heavy (non-hydrogen) atoms. The van der Waals surface area contributed by atoms with Gasteiger partial charge in [0.25, 0.3) is 0 Å². The number of aliphatic hydroxyl groups excluding tert-OH is 1. The van der Waals surface area contributed by atoms with Crippen LogP contribution in [0.1, 0.15) is 28.5 Å². The molecule has 1 aromatic carbocycles. The third kappa shape index (κ3) is 1.81. The number of rotatable bonds is 2. The maximum absolute atomic E-state index is 13.7. The lowest BCUT2D eigenvalue weighted by molar-refractivity contribution is 0.209. The summed E-state index contributed by atoms with van der Waals surface area (Å²) in [6.07, 6.45) is 0.294. The maximum atomic E-state index is 13.7. The number of aryl methyl sites for hydroxylation is 2. The molecule has 0 saturated heterocycles. The Morgan fingerprint density at radius 3 is 2.69 bits per heavy atom. The highest BCUT2D eigenvalue weighted by atomic mass is 19.1. The number of hydrogen-bond acceptors (Lipinski definition) is 3. The van der Waals surface area contributed by atoms with Gasteiger partial charge in [-0.2, -0.15) is 15.4 Å². The van der Waals surface area contributed by atoms with Crippen molar-refractivity contribution in [3.63, 3.8) is 0 Å². The molecule has 1 atom stereocenters. The van der Waals surface area contributed by atoms with Crippen molar-refractivity contribution in [3.8, 4) is 0 Å². The SMILES string of the molecule is Cc1cc(C)c(C(O)c2cn[nH]n2)c(F)c1. The van der Waals surface area contributed by atoms with Crippen LogP contribution in [-0.4, -0.2) is 20.5 Å². The van der Waals surface area contributed by atoms with Gasteiger partial charge in [0.05, 0.1) is 6.20 Å². The molecule has 0 spiro atoms. The first-order chi connectivity index (χ1) is 7.59. The molecule has 0 aliphatic rings. The van der Waals surface area contributed by atoms with Crippen molar-refractivity contribution in [1.82, 2.24) is 15.4 Å². The summed E-state index contributed by atoms with van der Waals surface area (Å²) in [5.41, 5.74) is 2.09. The monoisotopic (exact) mass is 221 g/mol. The summed E-state index contributed by atoms with van der Waals surface area (Å²) in [5, 5.41) is 19.7. The molecule has 0 aliphatic carbocycles. The van der Waals surface area contributed by atoms with Crippen LogP contribution >= 0.6 is 0 Å². The van der Waals surface area contributed by atoms with Crippen molar-refractivity contribution < 1.29 is 9.50 Å². The number of aromatic amines is 1. The molecule has 2 rings (SSSR count). The molecule has 0 aliphatic heterocycles. The summed E-state index contributed by atoms with van der Waals surface area (Å²) in [6.45, 7) is 3.57. The van der Waals surface area contributed by atoms with E-state index < -0.39 is 11.9 Å². The minimum absolute atomic E-state index is 0.250. The van der Waals surface area contributed by atoms with Gasteiger partial charge >= 0.3 is 0 Å². The van der Waals surface area contributed by atoms with Crippen molar-refractivity contribution in [3.05, 3.63) is 46.5 Å². The van der Waals surface area contributed by atoms with E-state index >= 15 is 0 Å². The molecule has 1 unspecified atom stereocenters. The average molecular weight is 221 g/mol. The lowest BCUT2D eigenvalue weighted by Gasteiger charge is -2.13. The fraction of sp³-hybridized carbons (Fsp3) is 0.273. The van der Waals surface area contributed by atoms with E-state index in [-0.39, 0.29) is 5.56 Å². The Morgan fingerprint density at radius 2 is 2.12 bits per heavy atom. The minimum atomic E-state index is -1.08. The lowest BCUT2D eigenvalue weighted by atomic mass is 9.99. The molecule has 1 heterocycles. The Bertz CT molecular complexity index is 473. The minimum Gasteiger partial charge on any atom is -0.382 e. The zero-order valence-electron chi connectivity index (χ0n) is 9.03. The van der Waals surface area contributed by atoms with Crippen LogP contribution in [0.2, 0.25) is 0 Å². The van der Waals surface area contributed by atoms with Crippen LogP contribution in [0.3, 0.4) is 0 Å². The summed E-state index contributed by atoms with van der Waals surface area (Å²) in [4.78, 5) is 0. The van der Waals surface area contributed by atoms with Gasteiger partial charge in [0.1, 0.15) is 17.6 Å². The number of H-pyrrole nitrogens is 1. The van der Waals surface area contributed by atoms with Gasteiger partial charge in [0, 0.05) is 5.56 Å². The number of benzene rings is 1. The summed E-state index contributed by atoms with van der Waals surface area (Å²) in [5.74, 6) is -0.423. The third-order valence-electron chi connectivity index (χ3n) is 2.47. The van der Waals surface area contributed by atoms with Crippen LogP contribution in [0.15, 0.2) is 18.3 Å². The second kappa shape index (κ2) is 4.02. The van der Waals surface area contributed by atoms with Crippen LogP contribution in [0.5, 0.6) is 0 Å². The zero-order valence-corrected chi connectivity index (χ0v) is 9.03. The second-order valence-electron chi connectivity index (χ2n) is 3.77. The number of nitrogens with zero attached hydrogens (tertiary/aromatic N) is 2. The summed E-state index contributed by atoms with van der Waals surface area (Å²) in [6, 6.07) is 3.22. The number of halogens is 1. The number of aliphatic hydroxyl groups is 1. The Hall–Kier alpha value is -1.75. The highest BCUT2D eigenvalue weighted by Gasteiger charge is 2.19. The van der Waals surface area contributed by atoms with Crippen molar-refractivity contribution in [2.75, 3.05) is 0 Å². The van der Waals surface area contributed by atoms with Gasteiger partial charge < -0.3 is 5.11 Å². The van der Waals surface area contributed by atoms with E-state index in [9.17, 15) is 9.50 Å². The molecule has 2 aromatic rings. The standard InChI is InChI=1S/C11H12FN3O/c1-6-3-7(2)10(8(12)4-6)11(16)9-5-13-15-14-9/h3-5,11,16H,1-2H3,(H,13,14,15). The number of aromatic nitrogens is 3. The summed E-state index contributed by atoms with van der Waals surface area (Å²) in [7, 11) is 0. The van der Waals surface area contributed by atoms with Crippen LogP contribution in [0.25, 0.3) is 0 Å². The fourth-order valence-corrected chi connectivity index (χ4v) is 1.76. The second-order valence-corrected chi connectivity index (χ2v) is 3.77. The van der Waals surface area contributed by atoms with Crippen LogP contribution in [-0.2, 0) is 0 Å². The first kappa shape index (κ1) is 10.8. The van der Waals surface area contributed by atoms with Gasteiger partial charge in [-0.25, -0.2) is 4.39 Å². The molecule has 0 saturated carbocycles. The zero-order chi connectivity index (χ0) is 11.7. The third-order valence-corrected chi connectivity index (χ3v) is 2.47. The van der Waals surface area contributed by atoms with E-state index in [0.29, 0.717) is 11.3 Å². The van der Waals surface area contributed by atoms with Gasteiger partial charge in [-0.05, 0) is 31.0 Å². The molecule has 4 nitrogen and oxygen atoms in total. The van der Waals surface area contributed by atoms with Crippen molar-refractivity contribution in [2.45, 2.75) is 20.0 Å². The lowest BCUT2D eigenvalue weighted by Crippen LogP contribution is -2.06. The Labute approximate surface area is 92.1 Å². The smallest absolute Gasteiger partial charge is 0.129 e. The highest BCUT2D eigenvalue weighted by Crippen LogP contribution is 2.26. The predicted molar refractivity (Wildman–Crippen MR) is 56.3 cm³/mol. The molecule has 0 radical (unpaired) electrons. The molecular weight excluding hydrogens is 209 g/mol. The van der Waals surface area contributed by atoms with E-state index in [4.69, 9.17) is 0 Å². The van der Waals surface area contributed by atoms with Gasteiger partial charge in [0.15, 0.2) is 0 Å². The van der Waals surface area contributed by atoms with Crippen molar-refractivity contribution in [2.24, 2.45) is 0 Å². The van der Waals surface area contributed by atoms with E-state index in [2.05, 4.69) is 15.4 Å². The molecule has 1 aromatic heterocycles. The molecule has 2 N–H and O–H groups in total. The first-order valence-corrected chi connectivity index (χ1v) is 4.90. The quantitative estimate of drug-likeness (QED) is 0.810. The fourth-order valence-electron chi connectivity index (χ4n) is 1.76. The topological polar surface area (TPSA) is 61.8 Å². The van der Waals surface area contributed by atoms with Gasteiger partial charge in [-0.15, -0.1) is 0 Å². The average Bonchev–Trinajstić information content (AvgIpc) is 2.67. The van der Waals surface area contributed by atoms with Gasteiger partial charge in [-0.3, -0.25) is 0 Å². The molecule has 5 heteroatoms. The first-order valence-electron chi connectivity index (χ1n) is 4.90. The van der Waals surface area contributed by atoms with E-state index in [0.717, 1.165) is 5.56 Å². The van der Waals surface area contributed by atoms with Crippen molar-refractivity contribution >= 4 is 0 Å². The van der Waals surface area contributed by atoms with E-state index in [1.165, 1.54) is 12.3 Å². The highest BCUT2D eigenvalue weighted by molar-refractivity contribution is 5.36. The molecule has 0 fully saturated rings. The molecule has 0 amide bonds. The summed E-state index contributed by atoms with van der Waals surface area (Å²) < 4.78 is 13.7. The normalized spacial score (nSPS) is 12.8. The Balaban J connectivity index is 2.48. The Morgan fingerprint density at radius 1 is 1.38 bits per heavy atom. The predicted octanol–water partition coefficient (Wildman–Crippen LogP) is 1.64. The van der Waals surface area contributed by atoms with Crippen LogP contribution in [0.4, 0.5) is 4.39 Å². The molecule has 84 valence electrons. The van der Waals surface area contributed by atoms with E-state index in [1.807, 2.05) is 13.0 Å². The Kier molecular flexibility index (Phi) is 2.70. The summed E-state index contributed by atoms with van der Waals surface area (Å²) >= 11 is 0. The van der Waals surface area contributed by atoms with E-state index in [1.54, 1.807) is 6.92 Å². The maximum Gasteiger partial charge on any atom is 0.129 e. The van der Waals surface area contributed by atoms with Crippen LogP contribution in [0, 0.1) is 19.7 Å².